The van der Waals surface area contributed by atoms with Crippen LogP contribution in [0.4, 0.5) is 18.3 Å². The second-order valence-corrected chi connectivity index (χ2v) is 4.25. The maximum absolute atomic E-state index is 12.2. The SMILES string of the molecule is CCCC(CN)Nc1nnc(C(F)(F)F)s1. The third-order valence-electron chi connectivity index (χ3n) is 1.92. The number of hydrogen-bond donors (Lipinski definition) is 2. The summed E-state index contributed by atoms with van der Waals surface area (Å²) in [5.74, 6) is 0. The van der Waals surface area contributed by atoms with E-state index in [0.717, 1.165) is 12.8 Å². The van der Waals surface area contributed by atoms with E-state index in [1.54, 1.807) is 0 Å². The zero-order valence-corrected chi connectivity index (χ0v) is 9.53. The first kappa shape index (κ1) is 13.2. The van der Waals surface area contributed by atoms with Gasteiger partial charge in [-0.15, -0.1) is 10.2 Å². The maximum atomic E-state index is 12.2. The molecule has 1 unspecified atom stereocenters. The van der Waals surface area contributed by atoms with E-state index in [2.05, 4.69) is 15.5 Å². The highest BCUT2D eigenvalue weighted by Gasteiger charge is 2.35. The van der Waals surface area contributed by atoms with Crippen molar-refractivity contribution in [2.45, 2.75) is 32.0 Å². The lowest BCUT2D eigenvalue weighted by Gasteiger charge is -2.13. The Morgan fingerprint density at radius 2 is 2.12 bits per heavy atom. The van der Waals surface area contributed by atoms with Gasteiger partial charge in [0, 0.05) is 12.6 Å². The molecule has 1 aromatic heterocycles. The van der Waals surface area contributed by atoms with Gasteiger partial charge in [0.2, 0.25) is 10.1 Å². The number of halogens is 3. The third-order valence-corrected chi connectivity index (χ3v) is 2.82. The highest BCUT2D eigenvalue weighted by molar-refractivity contribution is 7.15. The number of aromatic nitrogens is 2. The molecule has 0 aliphatic rings. The minimum Gasteiger partial charge on any atom is -0.356 e. The number of nitrogens with zero attached hydrogens (tertiary/aromatic N) is 2. The lowest BCUT2D eigenvalue weighted by atomic mass is 10.2. The Morgan fingerprint density at radius 3 is 2.56 bits per heavy atom. The summed E-state index contributed by atoms with van der Waals surface area (Å²) in [6, 6.07) is -0.0565. The predicted octanol–water partition coefficient (Wildman–Crippen LogP) is 2.10. The maximum Gasteiger partial charge on any atom is 0.445 e. The molecule has 0 bridgehead atoms. The van der Waals surface area contributed by atoms with Crippen LogP contribution in [0.3, 0.4) is 0 Å². The Morgan fingerprint density at radius 1 is 1.44 bits per heavy atom. The molecule has 1 heterocycles. The molecule has 8 heteroatoms. The summed E-state index contributed by atoms with van der Waals surface area (Å²) in [4.78, 5) is 0. The second kappa shape index (κ2) is 5.44. The van der Waals surface area contributed by atoms with Crippen LogP contribution in [-0.2, 0) is 6.18 Å². The number of hydrogen-bond acceptors (Lipinski definition) is 5. The fraction of sp³-hybridized carbons (Fsp3) is 0.750. The van der Waals surface area contributed by atoms with Crippen molar-refractivity contribution in [3.8, 4) is 0 Å². The van der Waals surface area contributed by atoms with Crippen LogP contribution in [0.1, 0.15) is 24.8 Å². The van der Waals surface area contributed by atoms with E-state index in [-0.39, 0.29) is 11.2 Å². The monoisotopic (exact) mass is 254 g/mol. The molecule has 0 fully saturated rings. The predicted molar refractivity (Wildman–Crippen MR) is 56.3 cm³/mol. The molecule has 0 aromatic carbocycles. The molecule has 16 heavy (non-hydrogen) atoms. The van der Waals surface area contributed by atoms with Gasteiger partial charge < -0.3 is 11.1 Å². The average Bonchev–Trinajstić information content (AvgIpc) is 2.65. The van der Waals surface area contributed by atoms with Gasteiger partial charge in [-0.25, -0.2) is 0 Å². The summed E-state index contributed by atoms with van der Waals surface area (Å²) < 4.78 is 36.7. The van der Waals surface area contributed by atoms with Crippen LogP contribution in [0.25, 0.3) is 0 Å². The van der Waals surface area contributed by atoms with E-state index in [9.17, 15) is 13.2 Å². The van der Waals surface area contributed by atoms with Crippen LogP contribution in [-0.4, -0.2) is 22.8 Å². The summed E-state index contributed by atoms with van der Waals surface area (Å²) in [6.07, 6.45) is -2.74. The molecule has 0 amide bonds. The van der Waals surface area contributed by atoms with Crippen LogP contribution in [0, 0.1) is 0 Å². The first-order chi connectivity index (χ1) is 7.47. The van der Waals surface area contributed by atoms with E-state index in [1.807, 2.05) is 6.92 Å². The highest BCUT2D eigenvalue weighted by atomic mass is 32.1. The molecule has 0 radical (unpaired) electrons. The van der Waals surface area contributed by atoms with Gasteiger partial charge in [0.25, 0.3) is 0 Å². The van der Waals surface area contributed by atoms with Gasteiger partial charge in [0.05, 0.1) is 0 Å². The Kier molecular flexibility index (Phi) is 4.48. The number of anilines is 1. The largest absolute Gasteiger partial charge is 0.445 e. The van der Waals surface area contributed by atoms with Gasteiger partial charge >= 0.3 is 6.18 Å². The topological polar surface area (TPSA) is 63.8 Å². The molecule has 0 aliphatic carbocycles. The molecular weight excluding hydrogens is 241 g/mol. The zero-order valence-electron chi connectivity index (χ0n) is 8.71. The molecule has 0 saturated heterocycles. The van der Waals surface area contributed by atoms with Crippen molar-refractivity contribution in [1.29, 1.82) is 0 Å². The van der Waals surface area contributed by atoms with Crippen molar-refractivity contribution >= 4 is 16.5 Å². The molecule has 0 spiro atoms. The number of rotatable bonds is 5. The Bertz CT molecular complexity index is 325. The molecule has 1 atom stereocenters. The van der Waals surface area contributed by atoms with Crippen LogP contribution < -0.4 is 11.1 Å². The van der Waals surface area contributed by atoms with Gasteiger partial charge in [-0.2, -0.15) is 13.2 Å². The quantitative estimate of drug-likeness (QED) is 0.844. The fourth-order valence-electron chi connectivity index (χ4n) is 1.17. The van der Waals surface area contributed by atoms with Crippen molar-refractivity contribution in [3.63, 3.8) is 0 Å². The van der Waals surface area contributed by atoms with Gasteiger partial charge in [0.15, 0.2) is 0 Å². The van der Waals surface area contributed by atoms with Crippen molar-refractivity contribution < 1.29 is 13.2 Å². The number of alkyl halides is 3. The van der Waals surface area contributed by atoms with Crippen LogP contribution in [0.5, 0.6) is 0 Å². The van der Waals surface area contributed by atoms with E-state index >= 15 is 0 Å². The van der Waals surface area contributed by atoms with Gasteiger partial charge in [0.1, 0.15) is 0 Å². The average molecular weight is 254 g/mol. The van der Waals surface area contributed by atoms with Crippen molar-refractivity contribution in [3.05, 3.63) is 5.01 Å². The summed E-state index contributed by atoms with van der Waals surface area (Å²) in [5.41, 5.74) is 5.47. The first-order valence-corrected chi connectivity index (χ1v) is 5.66. The normalized spacial score (nSPS) is 13.8. The summed E-state index contributed by atoms with van der Waals surface area (Å²) in [5, 5.41) is 8.57. The van der Waals surface area contributed by atoms with Crippen LogP contribution in [0.2, 0.25) is 0 Å². The summed E-state index contributed by atoms with van der Waals surface area (Å²) in [7, 11) is 0. The highest BCUT2D eigenvalue weighted by Crippen LogP contribution is 2.33. The molecule has 0 saturated carbocycles. The van der Waals surface area contributed by atoms with Gasteiger partial charge in [-0.05, 0) is 6.42 Å². The smallest absolute Gasteiger partial charge is 0.356 e. The van der Waals surface area contributed by atoms with E-state index < -0.39 is 11.2 Å². The Hall–Kier alpha value is -0.890. The first-order valence-electron chi connectivity index (χ1n) is 4.84. The molecule has 0 aliphatic heterocycles. The second-order valence-electron chi connectivity index (χ2n) is 3.28. The molecule has 1 aromatic rings. The third kappa shape index (κ3) is 3.60. The van der Waals surface area contributed by atoms with Crippen LogP contribution in [0.15, 0.2) is 0 Å². The number of nitrogens with one attached hydrogen (secondary N) is 1. The fourth-order valence-corrected chi connectivity index (χ4v) is 1.86. The Balaban J connectivity index is 2.64. The lowest BCUT2D eigenvalue weighted by Crippen LogP contribution is -2.28. The molecule has 3 N–H and O–H groups in total. The lowest BCUT2D eigenvalue weighted by molar-refractivity contribution is -0.138. The van der Waals surface area contributed by atoms with Crippen molar-refractivity contribution in [2.75, 3.05) is 11.9 Å². The number of nitrogens with two attached hydrogens (primary N) is 1. The summed E-state index contributed by atoms with van der Waals surface area (Å²) >= 11 is 0.495. The van der Waals surface area contributed by atoms with E-state index in [0.29, 0.717) is 17.9 Å². The molecule has 4 nitrogen and oxygen atoms in total. The van der Waals surface area contributed by atoms with E-state index in [1.165, 1.54) is 0 Å². The minimum atomic E-state index is -4.43. The van der Waals surface area contributed by atoms with E-state index in [4.69, 9.17) is 5.73 Å². The minimum absolute atomic E-state index is 0.0565. The van der Waals surface area contributed by atoms with Gasteiger partial charge in [-0.3, -0.25) is 0 Å². The zero-order chi connectivity index (χ0) is 12.2. The molecule has 92 valence electrons. The van der Waals surface area contributed by atoms with Crippen LogP contribution >= 0.6 is 11.3 Å². The summed E-state index contributed by atoms with van der Waals surface area (Å²) in [6.45, 7) is 2.33. The van der Waals surface area contributed by atoms with Crippen molar-refractivity contribution in [2.24, 2.45) is 5.73 Å². The molecular formula is C8H13F3N4S. The molecule has 1 rings (SSSR count). The standard InChI is InChI=1S/C8H13F3N4S/c1-2-3-5(4-12)13-7-15-14-6(16-7)8(9,10)11/h5H,2-4,12H2,1H3,(H,13,15). The van der Waals surface area contributed by atoms with Crippen molar-refractivity contribution in [1.82, 2.24) is 10.2 Å². The van der Waals surface area contributed by atoms with Gasteiger partial charge in [-0.1, -0.05) is 24.7 Å². The Labute approximate surface area is 95.1 Å².